The Kier molecular flexibility index (Phi) is 5.61. The number of rotatable bonds is 5. The van der Waals surface area contributed by atoms with Crippen molar-refractivity contribution in [2.24, 2.45) is 17.8 Å². The summed E-state index contributed by atoms with van der Waals surface area (Å²) in [6, 6.07) is 0.425. The van der Waals surface area contributed by atoms with E-state index in [0.717, 1.165) is 12.8 Å². The molecule has 0 aromatic carbocycles. The van der Waals surface area contributed by atoms with Crippen LogP contribution in [0.25, 0.3) is 0 Å². The van der Waals surface area contributed by atoms with Gasteiger partial charge in [0.05, 0.1) is 5.54 Å². The van der Waals surface area contributed by atoms with E-state index in [9.17, 15) is 4.79 Å². The largest absolute Gasteiger partial charge is 0.297 e. The standard InChI is InChI=1S/C17H33NO/c1-12(2)15-9-8-10-17(11-15,16(19)13(3)4)18(7)14(5)6/h12-15H,8-11H2,1-7H3. The minimum atomic E-state index is -0.213. The minimum absolute atomic E-state index is 0.132. The Morgan fingerprint density at radius 1 is 1.16 bits per heavy atom. The van der Waals surface area contributed by atoms with Crippen LogP contribution in [-0.4, -0.2) is 29.3 Å². The number of hydrogen-bond donors (Lipinski definition) is 0. The normalized spacial score (nSPS) is 28.7. The molecule has 1 rings (SSSR count). The zero-order valence-corrected chi connectivity index (χ0v) is 14.0. The fourth-order valence-electron chi connectivity index (χ4n) is 3.61. The molecule has 19 heavy (non-hydrogen) atoms. The second kappa shape index (κ2) is 6.39. The molecule has 0 heterocycles. The summed E-state index contributed by atoms with van der Waals surface area (Å²) in [6.07, 6.45) is 4.58. The molecule has 0 bridgehead atoms. The molecule has 0 aliphatic heterocycles. The van der Waals surface area contributed by atoms with E-state index in [1.807, 2.05) is 0 Å². The van der Waals surface area contributed by atoms with E-state index < -0.39 is 0 Å². The van der Waals surface area contributed by atoms with Gasteiger partial charge in [0.2, 0.25) is 0 Å². The molecule has 2 atom stereocenters. The highest BCUT2D eigenvalue weighted by molar-refractivity contribution is 5.90. The maximum absolute atomic E-state index is 12.9. The van der Waals surface area contributed by atoms with Gasteiger partial charge in [0.15, 0.2) is 5.78 Å². The predicted octanol–water partition coefficient (Wildman–Crippen LogP) is 4.14. The summed E-state index contributed by atoms with van der Waals surface area (Å²) in [5.74, 6) is 1.96. The maximum Gasteiger partial charge on any atom is 0.155 e. The van der Waals surface area contributed by atoms with Gasteiger partial charge in [-0.25, -0.2) is 0 Å². The Morgan fingerprint density at radius 3 is 2.16 bits per heavy atom. The van der Waals surface area contributed by atoms with Crippen molar-refractivity contribution in [3.8, 4) is 0 Å². The van der Waals surface area contributed by atoms with Gasteiger partial charge in [-0.2, -0.15) is 0 Å². The Balaban J connectivity index is 3.08. The Morgan fingerprint density at radius 2 is 1.74 bits per heavy atom. The number of carbonyl (C=O) groups is 1. The number of carbonyl (C=O) groups excluding carboxylic acids is 1. The zero-order valence-electron chi connectivity index (χ0n) is 14.0. The zero-order chi connectivity index (χ0) is 14.8. The van der Waals surface area contributed by atoms with Crippen LogP contribution < -0.4 is 0 Å². The second-order valence-corrected chi connectivity index (χ2v) is 7.36. The molecule has 0 aromatic rings. The molecule has 0 aromatic heterocycles. The molecular weight excluding hydrogens is 234 g/mol. The third kappa shape index (κ3) is 3.39. The lowest BCUT2D eigenvalue weighted by Gasteiger charge is -2.49. The molecule has 0 radical (unpaired) electrons. The average molecular weight is 267 g/mol. The SMILES string of the molecule is CC(C)C(=O)C1(N(C)C(C)C)CCCC(C(C)C)C1. The number of ketones is 1. The molecule has 1 aliphatic carbocycles. The van der Waals surface area contributed by atoms with Crippen LogP contribution in [0.5, 0.6) is 0 Å². The smallest absolute Gasteiger partial charge is 0.155 e. The first-order chi connectivity index (χ1) is 8.72. The van der Waals surface area contributed by atoms with Gasteiger partial charge < -0.3 is 0 Å². The van der Waals surface area contributed by atoms with Gasteiger partial charge in [-0.05, 0) is 45.6 Å². The van der Waals surface area contributed by atoms with Gasteiger partial charge >= 0.3 is 0 Å². The molecule has 112 valence electrons. The van der Waals surface area contributed by atoms with E-state index >= 15 is 0 Å². The third-order valence-electron chi connectivity index (χ3n) is 5.14. The lowest BCUT2D eigenvalue weighted by molar-refractivity contribution is -0.139. The van der Waals surface area contributed by atoms with Crippen LogP contribution in [0.15, 0.2) is 0 Å². The summed E-state index contributed by atoms with van der Waals surface area (Å²) in [4.78, 5) is 15.2. The van der Waals surface area contributed by atoms with Crippen molar-refractivity contribution in [1.29, 1.82) is 0 Å². The Labute approximate surface area is 119 Å². The van der Waals surface area contributed by atoms with E-state index in [2.05, 4.69) is 53.5 Å². The first-order valence-electron chi connectivity index (χ1n) is 7.99. The van der Waals surface area contributed by atoms with Crippen molar-refractivity contribution >= 4 is 5.78 Å². The molecular formula is C17H33NO. The summed E-state index contributed by atoms with van der Waals surface area (Å²) in [7, 11) is 2.15. The molecule has 1 aliphatic rings. The fourth-order valence-corrected chi connectivity index (χ4v) is 3.61. The first-order valence-corrected chi connectivity index (χ1v) is 7.99. The molecule has 1 saturated carbocycles. The third-order valence-corrected chi connectivity index (χ3v) is 5.14. The molecule has 2 unspecified atom stereocenters. The quantitative estimate of drug-likeness (QED) is 0.746. The van der Waals surface area contributed by atoms with Crippen molar-refractivity contribution in [2.75, 3.05) is 7.05 Å². The highest BCUT2D eigenvalue weighted by Gasteiger charge is 2.47. The van der Waals surface area contributed by atoms with Gasteiger partial charge in [-0.1, -0.05) is 40.5 Å². The van der Waals surface area contributed by atoms with Crippen molar-refractivity contribution in [2.45, 2.75) is 78.8 Å². The molecule has 2 nitrogen and oxygen atoms in total. The number of likely N-dealkylation sites (N-methyl/N-ethyl adjacent to an activating group) is 1. The van der Waals surface area contributed by atoms with Crippen molar-refractivity contribution in [1.82, 2.24) is 4.90 Å². The summed E-state index contributed by atoms with van der Waals surface area (Å²) in [6.45, 7) is 13.1. The van der Waals surface area contributed by atoms with Gasteiger partial charge in [-0.15, -0.1) is 0 Å². The fraction of sp³-hybridized carbons (Fsp3) is 0.941. The molecule has 0 amide bonds. The van der Waals surface area contributed by atoms with Crippen molar-refractivity contribution in [3.05, 3.63) is 0 Å². The number of Topliss-reactive ketones (excluding diaryl/α,β-unsaturated/α-hetero) is 1. The van der Waals surface area contributed by atoms with E-state index in [-0.39, 0.29) is 11.5 Å². The average Bonchev–Trinajstić information content (AvgIpc) is 2.36. The molecule has 0 N–H and O–H groups in total. The minimum Gasteiger partial charge on any atom is -0.297 e. The second-order valence-electron chi connectivity index (χ2n) is 7.36. The van der Waals surface area contributed by atoms with Crippen LogP contribution >= 0.6 is 0 Å². The first kappa shape index (κ1) is 16.7. The van der Waals surface area contributed by atoms with E-state index in [1.54, 1.807) is 0 Å². The summed E-state index contributed by atoms with van der Waals surface area (Å²) < 4.78 is 0. The van der Waals surface area contributed by atoms with Crippen LogP contribution in [0.2, 0.25) is 0 Å². The molecule has 0 saturated heterocycles. The van der Waals surface area contributed by atoms with Crippen LogP contribution in [0, 0.1) is 17.8 Å². The number of hydrogen-bond acceptors (Lipinski definition) is 2. The summed E-state index contributed by atoms with van der Waals surface area (Å²) >= 11 is 0. The summed E-state index contributed by atoms with van der Waals surface area (Å²) in [5, 5.41) is 0. The van der Waals surface area contributed by atoms with Crippen molar-refractivity contribution in [3.63, 3.8) is 0 Å². The van der Waals surface area contributed by atoms with Crippen LogP contribution in [0.1, 0.15) is 67.2 Å². The van der Waals surface area contributed by atoms with Gasteiger partial charge in [-0.3, -0.25) is 9.69 Å². The Hall–Kier alpha value is -0.370. The van der Waals surface area contributed by atoms with E-state index in [0.29, 0.717) is 23.7 Å². The number of nitrogens with zero attached hydrogens (tertiary/aromatic N) is 1. The summed E-state index contributed by atoms with van der Waals surface area (Å²) in [5.41, 5.74) is -0.213. The highest BCUT2D eigenvalue weighted by Crippen LogP contribution is 2.42. The molecule has 2 heteroatoms. The lowest BCUT2D eigenvalue weighted by Crippen LogP contribution is -2.59. The van der Waals surface area contributed by atoms with Gasteiger partial charge in [0, 0.05) is 12.0 Å². The Bertz CT molecular complexity index is 308. The molecule has 1 fully saturated rings. The maximum atomic E-state index is 12.9. The lowest BCUT2D eigenvalue weighted by atomic mass is 9.67. The van der Waals surface area contributed by atoms with E-state index in [4.69, 9.17) is 0 Å². The van der Waals surface area contributed by atoms with Crippen LogP contribution in [0.3, 0.4) is 0 Å². The van der Waals surface area contributed by atoms with E-state index in [1.165, 1.54) is 12.8 Å². The topological polar surface area (TPSA) is 20.3 Å². The van der Waals surface area contributed by atoms with Crippen LogP contribution in [-0.2, 0) is 4.79 Å². The highest BCUT2D eigenvalue weighted by atomic mass is 16.1. The van der Waals surface area contributed by atoms with Gasteiger partial charge in [0.1, 0.15) is 0 Å². The molecule has 0 spiro atoms. The van der Waals surface area contributed by atoms with Crippen LogP contribution in [0.4, 0.5) is 0 Å². The monoisotopic (exact) mass is 267 g/mol. The van der Waals surface area contributed by atoms with Crippen molar-refractivity contribution < 1.29 is 4.79 Å². The predicted molar refractivity (Wildman–Crippen MR) is 82.3 cm³/mol. The van der Waals surface area contributed by atoms with Gasteiger partial charge in [0.25, 0.3) is 0 Å².